The number of hydrogen-bond acceptors (Lipinski definition) is 6. The lowest BCUT2D eigenvalue weighted by Crippen LogP contribution is -2.52. The minimum Gasteiger partial charge on any atom is -0.424 e. The number of ether oxygens (including phenoxy) is 1. The second-order valence-electron chi connectivity index (χ2n) is 6.36. The molecule has 130 valence electrons. The third kappa shape index (κ3) is 4.63. The molecule has 1 saturated heterocycles. The Morgan fingerprint density at radius 2 is 1.96 bits per heavy atom. The topological polar surface area (TPSA) is 54.6 Å². The molecule has 3 rings (SSSR count). The van der Waals surface area contributed by atoms with Crippen LogP contribution in [0.3, 0.4) is 0 Å². The smallest absolute Gasteiger partial charge is 0.230 e. The summed E-state index contributed by atoms with van der Waals surface area (Å²) >= 11 is 0. The van der Waals surface area contributed by atoms with E-state index in [0.29, 0.717) is 24.2 Å². The SMILES string of the molecule is COCCN1CCN(Cc2nnc(Cc3ccccc3)o2)C[C@H]1C. The molecule has 0 N–H and O–H groups in total. The third-order valence-electron chi connectivity index (χ3n) is 4.50. The molecule has 24 heavy (non-hydrogen) atoms. The molecule has 6 nitrogen and oxygen atoms in total. The summed E-state index contributed by atoms with van der Waals surface area (Å²) < 4.78 is 11.0. The Morgan fingerprint density at radius 1 is 1.17 bits per heavy atom. The molecule has 0 bridgehead atoms. The van der Waals surface area contributed by atoms with Gasteiger partial charge in [-0.05, 0) is 12.5 Å². The van der Waals surface area contributed by atoms with Gasteiger partial charge in [-0.1, -0.05) is 30.3 Å². The van der Waals surface area contributed by atoms with Gasteiger partial charge in [0.15, 0.2) is 0 Å². The molecule has 0 amide bonds. The molecule has 1 aliphatic heterocycles. The van der Waals surface area contributed by atoms with Gasteiger partial charge in [0.05, 0.1) is 19.6 Å². The molecule has 0 spiro atoms. The zero-order valence-corrected chi connectivity index (χ0v) is 14.5. The van der Waals surface area contributed by atoms with E-state index in [2.05, 4.69) is 39.1 Å². The van der Waals surface area contributed by atoms with Crippen molar-refractivity contribution in [3.05, 3.63) is 47.7 Å². The summed E-state index contributed by atoms with van der Waals surface area (Å²) in [7, 11) is 1.75. The second-order valence-corrected chi connectivity index (χ2v) is 6.36. The quantitative estimate of drug-likeness (QED) is 0.772. The molecule has 1 aliphatic rings. The fraction of sp³-hybridized carbons (Fsp3) is 0.556. The summed E-state index contributed by atoms with van der Waals surface area (Å²) in [5.41, 5.74) is 1.19. The van der Waals surface area contributed by atoms with E-state index in [0.717, 1.165) is 39.3 Å². The number of benzene rings is 1. The fourth-order valence-electron chi connectivity index (χ4n) is 3.14. The van der Waals surface area contributed by atoms with Crippen LogP contribution in [-0.4, -0.2) is 65.9 Å². The summed E-state index contributed by atoms with van der Waals surface area (Å²) in [6.45, 7) is 7.85. The highest BCUT2D eigenvalue weighted by molar-refractivity contribution is 5.17. The lowest BCUT2D eigenvalue weighted by molar-refractivity contribution is 0.0520. The van der Waals surface area contributed by atoms with Crippen LogP contribution in [0.15, 0.2) is 34.7 Å². The average molecular weight is 330 g/mol. The van der Waals surface area contributed by atoms with Crippen molar-refractivity contribution in [1.82, 2.24) is 20.0 Å². The van der Waals surface area contributed by atoms with E-state index in [1.807, 2.05) is 18.2 Å². The number of hydrogen-bond donors (Lipinski definition) is 0. The summed E-state index contributed by atoms with van der Waals surface area (Å²) in [6, 6.07) is 10.7. The summed E-state index contributed by atoms with van der Waals surface area (Å²) in [4.78, 5) is 4.85. The van der Waals surface area contributed by atoms with Crippen molar-refractivity contribution in [2.75, 3.05) is 39.9 Å². The van der Waals surface area contributed by atoms with Crippen molar-refractivity contribution >= 4 is 0 Å². The molecular formula is C18H26N4O2. The molecule has 1 aromatic heterocycles. The summed E-state index contributed by atoms with van der Waals surface area (Å²) in [6.07, 6.45) is 0.690. The molecule has 2 aromatic rings. The van der Waals surface area contributed by atoms with Crippen LogP contribution in [0.5, 0.6) is 0 Å². The number of piperazine rings is 1. The van der Waals surface area contributed by atoms with Gasteiger partial charge >= 0.3 is 0 Å². The average Bonchev–Trinajstić information content (AvgIpc) is 3.02. The van der Waals surface area contributed by atoms with Gasteiger partial charge in [0.2, 0.25) is 11.8 Å². The Hall–Kier alpha value is -1.76. The van der Waals surface area contributed by atoms with Gasteiger partial charge in [-0.25, -0.2) is 0 Å². The first-order valence-corrected chi connectivity index (χ1v) is 8.55. The molecule has 2 heterocycles. The van der Waals surface area contributed by atoms with E-state index in [9.17, 15) is 0 Å². The van der Waals surface area contributed by atoms with Crippen LogP contribution in [0.2, 0.25) is 0 Å². The van der Waals surface area contributed by atoms with E-state index < -0.39 is 0 Å². The summed E-state index contributed by atoms with van der Waals surface area (Å²) in [5, 5.41) is 8.39. The van der Waals surface area contributed by atoms with Gasteiger partial charge < -0.3 is 9.15 Å². The van der Waals surface area contributed by atoms with Crippen molar-refractivity contribution in [3.8, 4) is 0 Å². The number of nitrogens with zero attached hydrogens (tertiary/aromatic N) is 4. The van der Waals surface area contributed by atoms with Gasteiger partial charge in [0, 0.05) is 39.3 Å². The van der Waals surface area contributed by atoms with Crippen LogP contribution >= 0.6 is 0 Å². The lowest BCUT2D eigenvalue weighted by Gasteiger charge is -2.39. The maximum Gasteiger partial charge on any atom is 0.230 e. The maximum atomic E-state index is 5.82. The zero-order valence-electron chi connectivity index (χ0n) is 14.5. The molecule has 6 heteroatoms. The van der Waals surface area contributed by atoms with E-state index in [1.165, 1.54) is 5.56 Å². The fourth-order valence-corrected chi connectivity index (χ4v) is 3.14. The molecular weight excluding hydrogens is 304 g/mol. The largest absolute Gasteiger partial charge is 0.424 e. The first-order chi connectivity index (χ1) is 11.7. The highest BCUT2D eigenvalue weighted by Gasteiger charge is 2.24. The lowest BCUT2D eigenvalue weighted by atomic mass is 10.2. The number of aromatic nitrogens is 2. The van der Waals surface area contributed by atoms with Crippen LogP contribution in [0.1, 0.15) is 24.3 Å². The van der Waals surface area contributed by atoms with Crippen molar-refractivity contribution in [3.63, 3.8) is 0 Å². The van der Waals surface area contributed by atoms with Crippen molar-refractivity contribution in [2.45, 2.75) is 25.9 Å². The predicted molar refractivity (Wildman–Crippen MR) is 91.7 cm³/mol. The van der Waals surface area contributed by atoms with Crippen LogP contribution in [0.4, 0.5) is 0 Å². The van der Waals surface area contributed by atoms with E-state index in [-0.39, 0.29) is 0 Å². The Bertz CT molecular complexity index is 616. The Morgan fingerprint density at radius 3 is 2.71 bits per heavy atom. The minimum absolute atomic E-state index is 0.514. The normalized spacial score (nSPS) is 19.7. The van der Waals surface area contributed by atoms with Crippen LogP contribution < -0.4 is 0 Å². The van der Waals surface area contributed by atoms with Crippen molar-refractivity contribution in [2.24, 2.45) is 0 Å². The molecule has 0 radical (unpaired) electrons. The van der Waals surface area contributed by atoms with Crippen molar-refractivity contribution in [1.29, 1.82) is 0 Å². The van der Waals surface area contributed by atoms with Gasteiger partial charge in [-0.3, -0.25) is 9.80 Å². The highest BCUT2D eigenvalue weighted by atomic mass is 16.5. The zero-order chi connectivity index (χ0) is 16.8. The third-order valence-corrected chi connectivity index (χ3v) is 4.50. The van der Waals surface area contributed by atoms with E-state index in [1.54, 1.807) is 7.11 Å². The highest BCUT2D eigenvalue weighted by Crippen LogP contribution is 2.14. The molecule has 0 saturated carbocycles. The Kier molecular flexibility index (Phi) is 5.96. The Labute approximate surface area is 143 Å². The monoisotopic (exact) mass is 330 g/mol. The van der Waals surface area contributed by atoms with E-state index in [4.69, 9.17) is 9.15 Å². The predicted octanol–water partition coefficient (Wildman–Crippen LogP) is 1.81. The first-order valence-electron chi connectivity index (χ1n) is 8.55. The van der Waals surface area contributed by atoms with Gasteiger partial charge in [-0.2, -0.15) is 0 Å². The molecule has 0 unspecified atom stereocenters. The maximum absolute atomic E-state index is 5.82. The van der Waals surface area contributed by atoms with Gasteiger partial charge in [-0.15, -0.1) is 10.2 Å². The van der Waals surface area contributed by atoms with Crippen molar-refractivity contribution < 1.29 is 9.15 Å². The standard InChI is InChI=1S/C18H26N4O2/c1-15-13-21(8-9-22(15)10-11-23-2)14-18-20-19-17(24-18)12-16-6-4-3-5-7-16/h3-7,15H,8-14H2,1-2H3/t15-/m1/s1. The minimum atomic E-state index is 0.514. The van der Waals surface area contributed by atoms with Crippen LogP contribution in [-0.2, 0) is 17.7 Å². The number of rotatable bonds is 7. The Balaban J connectivity index is 1.50. The molecule has 1 aromatic carbocycles. The molecule has 1 atom stereocenters. The molecule has 1 fully saturated rings. The number of methoxy groups -OCH3 is 1. The second kappa shape index (κ2) is 8.37. The van der Waals surface area contributed by atoms with Crippen LogP contribution in [0, 0.1) is 0 Å². The summed E-state index contributed by atoms with van der Waals surface area (Å²) in [5.74, 6) is 1.39. The van der Waals surface area contributed by atoms with Crippen LogP contribution in [0.25, 0.3) is 0 Å². The van der Waals surface area contributed by atoms with Gasteiger partial charge in [0.25, 0.3) is 0 Å². The van der Waals surface area contributed by atoms with Gasteiger partial charge in [0.1, 0.15) is 0 Å². The molecule has 0 aliphatic carbocycles. The van der Waals surface area contributed by atoms with E-state index >= 15 is 0 Å². The first kappa shape index (κ1) is 17.1.